The number of hydrogen-bond donors (Lipinski definition) is 0. The van der Waals surface area contributed by atoms with Crippen LogP contribution >= 0.6 is 0 Å². The fourth-order valence-electron chi connectivity index (χ4n) is 1.34. The molecule has 0 amide bonds. The highest BCUT2D eigenvalue weighted by molar-refractivity contribution is 5.73. The molecule has 0 spiro atoms. The third kappa shape index (κ3) is 3.55. The average molecular weight is 199 g/mol. The van der Waals surface area contributed by atoms with E-state index in [1.807, 2.05) is 19.9 Å². The van der Waals surface area contributed by atoms with Crippen molar-refractivity contribution >= 4 is 11.8 Å². The van der Waals surface area contributed by atoms with Gasteiger partial charge in [0, 0.05) is 11.9 Å². The maximum atomic E-state index is 4.18. The van der Waals surface area contributed by atoms with E-state index >= 15 is 0 Å². The first kappa shape index (κ1) is 11.4. The van der Waals surface area contributed by atoms with Crippen molar-refractivity contribution in [1.29, 1.82) is 0 Å². The minimum Gasteiger partial charge on any atom is -0.266 e. The Bertz CT molecular complexity index is 394. The molecule has 0 heterocycles. The van der Waals surface area contributed by atoms with Crippen LogP contribution in [-0.4, -0.2) is 6.21 Å². The largest absolute Gasteiger partial charge is 0.266 e. The van der Waals surface area contributed by atoms with Crippen LogP contribution in [0.15, 0.2) is 47.6 Å². The van der Waals surface area contributed by atoms with Gasteiger partial charge >= 0.3 is 0 Å². The van der Waals surface area contributed by atoms with Crippen molar-refractivity contribution in [3.05, 3.63) is 53.7 Å². The lowest BCUT2D eigenvalue weighted by Crippen LogP contribution is -1.81. The summed E-state index contributed by atoms with van der Waals surface area (Å²) < 4.78 is 0. The monoisotopic (exact) mass is 199 g/mol. The van der Waals surface area contributed by atoms with Gasteiger partial charge in [-0.1, -0.05) is 36.4 Å². The van der Waals surface area contributed by atoms with Gasteiger partial charge in [0.05, 0.1) is 0 Å². The predicted molar refractivity (Wildman–Crippen MR) is 68.1 cm³/mol. The van der Waals surface area contributed by atoms with Crippen molar-refractivity contribution in [2.45, 2.75) is 20.8 Å². The highest BCUT2D eigenvalue weighted by Gasteiger charge is 1.95. The smallest absolute Gasteiger partial charge is 0.0374 e. The van der Waals surface area contributed by atoms with E-state index in [0.29, 0.717) is 0 Å². The molecule has 78 valence electrons. The Hall–Kier alpha value is -1.63. The molecule has 0 unspecified atom stereocenters. The van der Waals surface area contributed by atoms with E-state index in [0.717, 1.165) is 16.8 Å². The molecule has 0 radical (unpaired) electrons. The number of aryl methyl sites for hydroxylation is 1. The molecule has 0 fully saturated rings. The molecule has 1 aromatic carbocycles. The van der Waals surface area contributed by atoms with Gasteiger partial charge in [0.25, 0.3) is 0 Å². The molecule has 0 bridgehead atoms. The van der Waals surface area contributed by atoms with Crippen LogP contribution in [0.3, 0.4) is 0 Å². The van der Waals surface area contributed by atoms with E-state index in [1.54, 1.807) is 6.21 Å². The third-order valence-electron chi connectivity index (χ3n) is 2.14. The lowest BCUT2D eigenvalue weighted by atomic mass is 10.1. The summed E-state index contributed by atoms with van der Waals surface area (Å²) >= 11 is 0. The first-order valence-electron chi connectivity index (χ1n) is 5.06. The molecular weight excluding hydrogens is 182 g/mol. The second kappa shape index (κ2) is 5.30. The summed E-state index contributed by atoms with van der Waals surface area (Å²) in [7, 11) is 0. The van der Waals surface area contributed by atoms with E-state index in [-0.39, 0.29) is 0 Å². The standard InChI is InChI=1S/C14H17N/c1-5-15-13(4)10-12(3)14-8-6-11(2)7-9-14/h5-10H,3H2,1-2,4H3/b13-10+,15-5?. The summed E-state index contributed by atoms with van der Waals surface area (Å²) in [5.41, 5.74) is 4.38. The van der Waals surface area contributed by atoms with Crippen LogP contribution in [-0.2, 0) is 0 Å². The molecule has 0 aliphatic carbocycles. The second-order valence-electron chi connectivity index (χ2n) is 3.56. The summed E-state index contributed by atoms with van der Waals surface area (Å²) in [5, 5.41) is 0. The summed E-state index contributed by atoms with van der Waals surface area (Å²) in [6.45, 7) is 9.99. The average Bonchev–Trinajstić information content (AvgIpc) is 2.18. The first-order chi connectivity index (χ1) is 7.13. The summed E-state index contributed by atoms with van der Waals surface area (Å²) in [4.78, 5) is 4.18. The Morgan fingerprint density at radius 2 is 1.87 bits per heavy atom. The number of aliphatic imine (C=N–C) groups is 1. The topological polar surface area (TPSA) is 12.4 Å². The van der Waals surface area contributed by atoms with Crippen LogP contribution in [0.5, 0.6) is 0 Å². The van der Waals surface area contributed by atoms with Crippen molar-refractivity contribution in [2.24, 2.45) is 4.99 Å². The van der Waals surface area contributed by atoms with E-state index in [4.69, 9.17) is 0 Å². The van der Waals surface area contributed by atoms with Gasteiger partial charge < -0.3 is 0 Å². The lowest BCUT2D eigenvalue weighted by molar-refractivity contribution is 1.31. The third-order valence-corrected chi connectivity index (χ3v) is 2.14. The van der Waals surface area contributed by atoms with Gasteiger partial charge in [-0.2, -0.15) is 0 Å². The van der Waals surface area contributed by atoms with Crippen LogP contribution in [0, 0.1) is 6.92 Å². The Balaban J connectivity index is 2.86. The molecular formula is C14H17N. The zero-order chi connectivity index (χ0) is 11.3. The van der Waals surface area contributed by atoms with E-state index in [9.17, 15) is 0 Å². The zero-order valence-electron chi connectivity index (χ0n) is 9.62. The molecule has 1 nitrogen and oxygen atoms in total. The predicted octanol–water partition coefficient (Wildman–Crippen LogP) is 4.00. The SMILES string of the molecule is C=C(/C=C(\C)N=CC)c1ccc(C)cc1. The molecule has 0 aromatic heterocycles. The number of benzene rings is 1. The number of hydrogen-bond acceptors (Lipinski definition) is 1. The molecule has 0 saturated heterocycles. The normalized spacial score (nSPS) is 12.1. The number of rotatable bonds is 3. The Morgan fingerprint density at radius 1 is 1.27 bits per heavy atom. The van der Waals surface area contributed by atoms with E-state index in [1.165, 1.54) is 5.56 Å². The maximum absolute atomic E-state index is 4.18. The molecule has 0 aliphatic heterocycles. The molecule has 0 N–H and O–H groups in total. The maximum Gasteiger partial charge on any atom is 0.0374 e. The molecule has 0 saturated carbocycles. The van der Waals surface area contributed by atoms with Gasteiger partial charge in [0.2, 0.25) is 0 Å². The Kier molecular flexibility index (Phi) is 4.04. The quantitative estimate of drug-likeness (QED) is 0.515. The van der Waals surface area contributed by atoms with Crippen molar-refractivity contribution in [2.75, 3.05) is 0 Å². The lowest BCUT2D eigenvalue weighted by Gasteiger charge is -2.01. The van der Waals surface area contributed by atoms with Crippen LogP contribution in [0.2, 0.25) is 0 Å². The van der Waals surface area contributed by atoms with Gasteiger partial charge in [-0.3, -0.25) is 4.99 Å². The van der Waals surface area contributed by atoms with Gasteiger partial charge in [-0.25, -0.2) is 0 Å². The minimum absolute atomic E-state index is 0.975. The summed E-state index contributed by atoms with van der Waals surface area (Å²) in [6.07, 6.45) is 3.78. The molecule has 0 aliphatic rings. The summed E-state index contributed by atoms with van der Waals surface area (Å²) in [6, 6.07) is 8.34. The van der Waals surface area contributed by atoms with Crippen LogP contribution in [0.25, 0.3) is 5.57 Å². The van der Waals surface area contributed by atoms with Gasteiger partial charge in [-0.05, 0) is 38.0 Å². The van der Waals surface area contributed by atoms with Crippen molar-refractivity contribution < 1.29 is 0 Å². The van der Waals surface area contributed by atoms with E-state index < -0.39 is 0 Å². The highest BCUT2D eigenvalue weighted by Crippen LogP contribution is 2.16. The molecule has 0 atom stereocenters. The Morgan fingerprint density at radius 3 is 2.40 bits per heavy atom. The van der Waals surface area contributed by atoms with Crippen molar-refractivity contribution in [3.8, 4) is 0 Å². The molecule has 15 heavy (non-hydrogen) atoms. The van der Waals surface area contributed by atoms with Gasteiger partial charge in [0.1, 0.15) is 0 Å². The number of allylic oxidation sites excluding steroid dienone is 3. The molecule has 1 aromatic rings. The van der Waals surface area contributed by atoms with E-state index in [2.05, 4.69) is 42.8 Å². The van der Waals surface area contributed by atoms with Crippen molar-refractivity contribution in [3.63, 3.8) is 0 Å². The zero-order valence-corrected chi connectivity index (χ0v) is 9.62. The molecule has 1 rings (SSSR count). The highest BCUT2D eigenvalue weighted by atomic mass is 14.7. The summed E-state index contributed by atoms with van der Waals surface area (Å²) in [5.74, 6) is 0. The van der Waals surface area contributed by atoms with Crippen LogP contribution < -0.4 is 0 Å². The minimum atomic E-state index is 0.975. The van der Waals surface area contributed by atoms with Crippen LogP contribution in [0.4, 0.5) is 0 Å². The fourth-order valence-corrected chi connectivity index (χ4v) is 1.34. The fraction of sp³-hybridized carbons (Fsp3) is 0.214. The Labute approximate surface area is 91.9 Å². The van der Waals surface area contributed by atoms with Crippen LogP contribution in [0.1, 0.15) is 25.0 Å². The van der Waals surface area contributed by atoms with Gasteiger partial charge in [0.15, 0.2) is 0 Å². The van der Waals surface area contributed by atoms with Crippen molar-refractivity contribution in [1.82, 2.24) is 0 Å². The van der Waals surface area contributed by atoms with Gasteiger partial charge in [-0.15, -0.1) is 0 Å². The molecule has 1 heteroatoms. The first-order valence-corrected chi connectivity index (χ1v) is 5.06. The second-order valence-corrected chi connectivity index (χ2v) is 3.56. The number of nitrogens with zero attached hydrogens (tertiary/aromatic N) is 1.